The number of halogens is 3. The second kappa shape index (κ2) is 10.1. The fourth-order valence-electron chi connectivity index (χ4n) is 2.65. The molecule has 7 nitrogen and oxygen atoms in total. The van der Waals surface area contributed by atoms with Gasteiger partial charge in [0.25, 0.3) is 11.8 Å². The Morgan fingerprint density at radius 3 is 2.47 bits per heavy atom. The minimum atomic E-state index is -0.580. The largest absolute Gasteiger partial charge is 0.504 e. The Balaban J connectivity index is 1.71. The maximum atomic E-state index is 13.0. The number of nitrogens with one attached hydrogen (secondary N) is 2. The summed E-state index contributed by atoms with van der Waals surface area (Å²) in [7, 11) is 1.35. The molecule has 3 N–H and O–H groups in total. The number of hydrogen-bond acceptors (Lipinski definition) is 5. The van der Waals surface area contributed by atoms with Crippen LogP contribution >= 0.6 is 23.2 Å². The first-order valence-electron chi connectivity index (χ1n) is 9.05. The van der Waals surface area contributed by atoms with Crippen molar-refractivity contribution in [3.8, 4) is 11.5 Å². The average molecular weight is 476 g/mol. The zero-order valence-corrected chi connectivity index (χ0v) is 18.0. The number of hydrazone groups is 1. The van der Waals surface area contributed by atoms with E-state index in [-0.39, 0.29) is 38.2 Å². The molecule has 3 aromatic rings. The molecule has 0 saturated heterocycles. The summed E-state index contributed by atoms with van der Waals surface area (Å²) in [5.74, 6) is -1.68. The molecule has 0 unspecified atom stereocenters. The van der Waals surface area contributed by atoms with Gasteiger partial charge in [0.15, 0.2) is 11.5 Å². The number of amides is 2. The third-order valence-electron chi connectivity index (χ3n) is 4.26. The molecule has 0 saturated carbocycles. The quantitative estimate of drug-likeness (QED) is 0.350. The predicted molar refractivity (Wildman–Crippen MR) is 121 cm³/mol. The number of benzene rings is 3. The van der Waals surface area contributed by atoms with Crippen molar-refractivity contribution in [2.75, 3.05) is 12.4 Å². The third-order valence-corrected chi connectivity index (χ3v) is 5.06. The molecule has 0 radical (unpaired) electrons. The average Bonchev–Trinajstić information content (AvgIpc) is 2.79. The molecule has 3 aromatic carbocycles. The summed E-state index contributed by atoms with van der Waals surface area (Å²) in [6.07, 6.45) is 1.13. The summed E-state index contributed by atoms with van der Waals surface area (Å²) in [4.78, 5) is 24.7. The fourth-order valence-corrected chi connectivity index (χ4v) is 3.04. The Kier molecular flexibility index (Phi) is 7.29. The SMILES string of the molecule is COc1cc(Cl)c(Cl)c(/C=N/NC(=O)c2cccc(NC(=O)c3ccc(F)cc3)c2)c1O. The van der Waals surface area contributed by atoms with Crippen LogP contribution < -0.4 is 15.5 Å². The van der Waals surface area contributed by atoms with E-state index in [9.17, 15) is 19.1 Å². The molecule has 0 aliphatic heterocycles. The van der Waals surface area contributed by atoms with Gasteiger partial charge in [0, 0.05) is 22.9 Å². The van der Waals surface area contributed by atoms with E-state index in [4.69, 9.17) is 27.9 Å². The van der Waals surface area contributed by atoms with Gasteiger partial charge in [-0.2, -0.15) is 5.10 Å². The van der Waals surface area contributed by atoms with Gasteiger partial charge < -0.3 is 15.2 Å². The lowest BCUT2D eigenvalue weighted by molar-refractivity contribution is 0.0953. The van der Waals surface area contributed by atoms with E-state index in [1.807, 2.05) is 0 Å². The first-order valence-corrected chi connectivity index (χ1v) is 9.81. The van der Waals surface area contributed by atoms with Crippen LogP contribution in [-0.4, -0.2) is 30.2 Å². The summed E-state index contributed by atoms with van der Waals surface area (Å²) in [5, 5.41) is 16.8. The van der Waals surface area contributed by atoms with Crippen LogP contribution in [0.4, 0.5) is 10.1 Å². The number of methoxy groups -OCH3 is 1. The number of carbonyl (C=O) groups is 2. The molecule has 0 aromatic heterocycles. The second-order valence-corrected chi connectivity index (χ2v) is 7.16. The minimum Gasteiger partial charge on any atom is -0.504 e. The van der Waals surface area contributed by atoms with E-state index in [2.05, 4.69) is 15.8 Å². The van der Waals surface area contributed by atoms with Crippen LogP contribution in [-0.2, 0) is 0 Å². The lowest BCUT2D eigenvalue weighted by Gasteiger charge is -2.09. The summed E-state index contributed by atoms with van der Waals surface area (Å²) in [5.41, 5.74) is 3.19. The molecular weight excluding hydrogens is 460 g/mol. The Hall–Kier alpha value is -3.62. The van der Waals surface area contributed by atoms with Crippen LogP contribution in [0.5, 0.6) is 11.5 Å². The van der Waals surface area contributed by atoms with Crippen molar-refractivity contribution >= 4 is 46.9 Å². The predicted octanol–water partition coefficient (Wildman–Crippen LogP) is 4.86. The Labute approximate surface area is 192 Å². The van der Waals surface area contributed by atoms with E-state index in [0.717, 1.165) is 6.21 Å². The molecule has 2 amide bonds. The zero-order valence-electron chi connectivity index (χ0n) is 16.5. The topological polar surface area (TPSA) is 100 Å². The molecular formula is C22H16Cl2FN3O4. The standard InChI is InChI=1S/C22H16Cl2FN3O4/c1-32-18-10-17(23)19(24)16(20(18)29)11-26-28-22(31)13-3-2-4-15(9-13)27-21(30)12-5-7-14(25)8-6-12/h2-11,29H,1H3,(H,27,30)(H,28,31)/b26-11+. The smallest absolute Gasteiger partial charge is 0.271 e. The molecule has 0 fully saturated rings. The molecule has 32 heavy (non-hydrogen) atoms. The molecule has 0 aliphatic rings. The highest BCUT2D eigenvalue weighted by atomic mass is 35.5. The summed E-state index contributed by atoms with van der Waals surface area (Å²) < 4.78 is 18.0. The van der Waals surface area contributed by atoms with E-state index >= 15 is 0 Å². The van der Waals surface area contributed by atoms with Gasteiger partial charge in [-0.05, 0) is 42.5 Å². The number of carbonyl (C=O) groups excluding carboxylic acids is 2. The van der Waals surface area contributed by atoms with Crippen LogP contribution in [0.1, 0.15) is 26.3 Å². The summed E-state index contributed by atoms with van der Waals surface area (Å²) in [6, 6.07) is 12.5. The number of phenolic OH excluding ortho intramolecular Hbond substituents is 1. The van der Waals surface area contributed by atoms with Crippen molar-refractivity contribution in [3.05, 3.63) is 87.2 Å². The van der Waals surface area contributed by atoms with E-state index < -0.39 is 17.6 Å². The first-order chi connectivity index (χ1) is 15.3. The van der Waals surface area contributed by atoms with Crippen LogP contribution in [0.3, 0.4) is 0 Å². The Morgan fingerprint density at radius 1 is 1.06 bits per heavy atom. The fraction of sp³-hybridized carbons (Fsp3) is 0.0455. The van der Waals surface area contributed by atoms with Gasteiger partial charge in [-0.15, -0.1) is 0 Å². The minimum absolute atomic E-state index is 0.0356. The van der Waals surface area contributed by atoms with Gasteiger partial charge in [0.1, 0.15) is 5.82 Å². The van der Waals surface area contributed by atoms with Crippen molar-refractivity contribution in [2.24, 2.45) is 5.10 Å². The van der Waals surface area contributed by atoms with Gasteiger partial charge in [0.05, 0.1) is 28.9 Å². The van der Waals surface area contributed by atoms with Crippen molar-refractivity contribution in [3.63, 3.8) is 0 Å². The molecule has 10 heteroatoms. The molecule has 0 aliphatic carbocycles. The van der Waals surface area contributed by atoms with Crippen molar-refractivity contribution < 1.29 is 23.8 Å². The number of aromatic hydroxyl groups is 1. The maximum absolute atomic E-state index is 13.0. The number of rotatable bonds is 6. The normalized spacial score (nSPS) is 10.8. The molecule has 164 valence electrons. The summed E-state index contributed by atoms with van der Waals surface area (Å²) >= 11 is 12.1. The van der Waals surface area contributed by atoms with Gasteiger partial charge in [-0.25, -0.2) is 9.82 Å². The molecule has 3 rings (SSSR count). The number of nitrogens with zero attached hydrogens (tertiary/aromatic N) is 1. The Bertz CT molecular complexity index is 1200. The number of phenols is 1. The monoisotopic (exact) mass is 475 g/mol. The molecule has 0 atom stereocenters. The molecule has 0 heterocycles. The highest BCUT2D eigenvalue weighted by molar-refractivity contribution is 6.43. The zero-order chi connectivity index (χ0) is 23.3. The van der Waals surface area contributed by atoms with Gasteiger partial charge in [-0.3, -0.25) is 9.59 Å². The van der Waals surface area contributed by atoms with Crippen LogP contribution in [0.2, 0.25) is 10.0 Å². The number of hydrogen-bond donors (Lipinski definition) is 3. The van der Waals surface area contributed by atoms with Gasteiger partial charge in [0.2, 0.25) is 0 Å². The second-order valence-electron chi connectivity index (χ2n) is 6.38. The van der Waals surface area contributed by atoms with Crippen molar-refractivity contribution in [2.45, 2.75) is 0 Å². The van der Waals surface area contributed by atoms with E-state index in [0.29, 0.717) is 5.69 Å². The van der Waals surface area contributed by atoms with Gasteiger partial charge >= 0.3 is 0 Å². The summed E-state index contributed by atoms with van der Waals surface area (Å²) in [6.45, 7) is 0. The highest BCUT2D eigenvalue weighted by Gasteiger charge is 2.15. The Morgan fingerprint density at radius 2 is 1.78 bits per heavy atom. The van der Waals surface area contributed by atoms with Gasteiger partial charge in [-0.1, -0.05) is 29.3 Å². The molecule has 0 bridgehead atoms. The lowest BCUT2D eigenvalue weighted by Crippen LogP contribution is -2.18. The first kappa shape index (κ1) is 23.1. The van der Waals surface area contributed by atoms with Crippen molar-refractivity contribution in [1.82, 2.24) is 5.43 Å². The number of anilines is 1. The lowest BCUT2D eigenvalue weighted by atomic mass is 10.1. The van der Waals surface area contributed by atoms with Crippen molar-refractivity contribution in [1.29, 1.82) is 0 Å². The van der Waals surface area contributed by atoms with E-state index in [1.54, 1.807) is 12.1 Å². The van der Waals surface area contributed by atoms with Crippen LogP contribution in [0.15, 0.2) is 59.7 Å². The number of ether oxygens (including phenoxy) is 1. The van der Waals surface area contributed by atoms with E-state index in [1.165, 1.54) is 49.6 Å². The van der Waals surface area contributed by atoms with Crippen LogP contribution in [0.25, 0.3) is 0 Å². The highest BCUT2D eigenvalue weighted by Crippen LogP contribution is 2.39. The maximum Gasteiger partial charge on any atom is 0.271 e. The third kappa shape index (κ3) is 5.35. The van der Waals surface area contributed by atoms with Crippen LogP contribution in [0, 0.1) is 5.82 Å². The molecule has 0 spiro atoms.